The molecule has 130 valence electrons. The molecule has 1 saturated carbocycles. The van der Waals surface area contributed by atoms with Crippen molar-refractivity contribution < 1.29 is 9.59 Å². The third-order valence-electron chi connectivity index (χ3n) is 3.82. The van der Waals surface area contributed by atoms with Crippen LogP contribution in [0, 0.1) is 12.8 Å². The molecule has 1 aliphatic rings. The number of amides is 2. The van der Waals surface area contributed by atoms with Crippen LogP contribution < -0.4 is 10.6 Å². The lowest BCUT2D eigenvalue weighted by Crippen LogP contribution is -2.17. The number of benzene rings is 1. The number of thioether (sulfide) groups is 1. The summed E-state index contributed by atoms with van der Waals surface area (Å²) in [4.78, 5) is 32.6. The first-order chi connectivity index (χ1) is 12.0. The van der Waals surface area contributed by atoms with E-state index in [0.717, 1.165) is 18.4 Å². The second kappa shape index (κ2) is 7.41. The maximum absolute atomic E-state index is 12.5. The van der Waals surface area contributed by atoms with Gasteiger partial charge in [-0.05, 0) is 43.7 Å². The van der Waals surface area contributed by atoms with E-state index in [-0.39, 0.29) is 22.5 Å². The van der Waals surface area contributed by atoms with Gasteiger partial charge in [0.1, 0.15) is 0 Å². The number of nitrogens with zero attached hydrogens (tertiary/aromatic N) is 2. The van der Waals surface area contributed by atoms with Crippen molar-refractivity contribution in [3.8, 4) is 0 Å². The molecule has 0 spiro atoms. The number of hydrogen-bond donors (Lipinski definition) is 2. The van der Waals surface area contributed by atoms with Gasteiger partial charge in [0.2, 0.25) is 5.91 Å². The van der Waals surface area contributed by atoms with Gasteiger partial charge in [-0.3, -0.25) is 9.59 Å². The molecule has 0 aliphatic heterocycles. The van der Waals surface area contributed by atoms with Crippen molar-refractivity contribution in [1.82, 2.24) is 9.97 Å². The Hall–Kier alpha value is -2.12. The normalized spacial score (nSPS) is 13.4. The van der Waals surface area contributed by atoms with Crippen LogP contribution in [0.5, 0.6) is 0 Å². The number of anilines is 2. The lowest BCUT2D eigenvalue weighted by Gasteiger charge is -2.12. The summed E-state index contributed by atoms with van der Waals surface area (Å²) in [6.07, 6.45) is 5.10. The van der Waals surface area contributed by atoms with Gasteiger partial charge in [-0.15, -0.1) is 0 Å². The van der Waals surface area contributed by atoms with Crippen molar-refractivity contribution in [2.24, 2.45) is 5.92 Å². The summed E-state index contributed by atoms with van der Waals surface area (Å²) in [5.74, 6) is -0.287. The highest BCUT2D eigenvalue weighted by molar-refractivity contribution is 7.98. The van der Waals surface area contributed by atoms with Crippen molar-refractivity contribution >= 4 is 46.6 Å². The van der Waals surface area contributed by atoms with Crippen LogP contribution in [0.1, 0.15) is 28.9 Å². The number of halogens is 1. The first kappa shape index (κ1) is 17.7. The Morgan fingerprint density at radius 3 is 2.72 bits per heavy atom. The average Bonchev–Trinajstić information content (AvgIpc) is 3.43. The smallest absolute Gasteiger partial charge is 0.275 e. The standard InChI is InChI=1S/C17H17ClN4O2S/c1-9-3-6-11(20-15(23)10-4-5-10)7-13(9)21-16(24)14-12(18)8-19-17(22-14)25-2/h3,6-8,10H,4-5H2,1-2H3,(H,20,23)(H,21,24). The first-order valence-corrected chi connectivity index (χ1v) is 9.37. The maximum Gasteiger partial charge on any atom is 0.275 e. The zero-order valence-corrected chi connectivity index (χ0v) is 15.4. The second-order valence-corrected chi connectivity index (χ2v) is 6.98. The van der Waals surface area contributed by atoms with Crippen LogP contribution in [-0.4, -0.2) is 28.0 Å². The zero-order valence-electron chi connectivity index (χ0n) is 13.8. The van der Waals surface area contributed by atoms with Crippen LogP contribution in [0.3, 0.4) is 0 Å². The topological polar surface area (TPSA) is 84.0 Å². The fourth-order valence-electron chi connectivity index (χ4n) is 2.21. The van der Waals surface area contributed by atoms with Crippen LogP contribution in [0.15, 0.2) is 29.6 Å². The van der Waals surface area contributed by atoms with Crippen LogP contribution in [0.2, 0.25) is 5.02 Å². The van der Waals surface area contributed by atoms with Gasteiger partial charge in [-0.25, -0.2) is 9.97 Å². The van der Waals surface area contributed by atoms with E-state index in [1.807, 2.05) is 25.3 Å². The number of rotatable bonds is 5. The number of aryl methyl sites for hydroxylation is 1. The second-order valence-electron chi connectivity index (χ2n) is 5.80. The highest BCUT2D eigenvalue weighted by Crippen LogP contribution is 2.31. The molecular formula is C17H17ClN4O2S. The van der Waals surface area contributed by atoms with E-state index in [1.165, 1.54) is 18.0 Å². The van der Waals surface area contributed by atoms with Gasteiger partial charge in [0.15, 0.2) is 10.9 Å². The van der Waals surface area contributed by atoms with Crippen molar-refractivity contribution in [3.05, 3.63) is 40.7 Å². The highest BCUT2D eigenvalue weighted by atomic mass is 35.5. The van der Waals surface area contributed by atoms with E-state index in [4.69, 9.17) is 11.6 Å². The van der Waals surface area contributed by atoms with Gasteiger partial charge in [-0.1, -0.05) is 29.4 Å². The summed E-state index contributed by atoms with van der Waals surface area (Å²) >= 11 is 7.37. The van der Waals surface area contributed by atoms with Gasteiger partial charge in [0, 0.05) is 17.3 Å². The maximum atomic E-state index is 12.5. The van der Waals surface area contributed by atoms with Crippen molar-refractivity contribution in [2.75, 3.05) is 16.9 Å². The molecule has 1 aliphatic carbocycles. The lowest BCUT2D eigenvalue weighted by molar-refractivity contribution is -0.117. The van der Waals surface area contributed by atoms with Crippen molar-refractivity contribution in [2.45, 2.75) is 24.9 Å². The molecule has 2 amide bonds. The predicted octanol–water partition coefficient (Wildman–Crippen LogP) is 3.76. The number of aromatic nitrogens is 2. The molecule has 1 fully saturated rings. The Morgan fingerprint density at radius 2 is 2.04 bits per heavy atom. The molecule has 0 radical (unpaired) electrons. The Balaban J connectivity index is 1.79. The van der Waals surface area contributed by atoms with Crippen molar-refractivity contribution in [3.63, 3.8) is 0 Å². The fraction of sp³-hybridized carbons (Fsp3) is 0.294. The van der Waals surface area contributed by atoms with E-state index >= 15 is 0 Å². The molecule has 1 heterocycles. The summed E-state index contributed by atoms with van der Waals surface area (Å²) in [5, 5.41) is 6.33. The minimum atomic E-state index is -0.420. The molecule has 8 heteroatoms. The van der Waals surface area contributed by atoms with Crippen LogP contribution in [0.4, 0.5) is 11.4 Å². The molecule has 3 rings (SSSR count). The summed E-state index contributed by atoms with van der Waals surface area (Å²) < 4.78 is 0. The van der Waals surface area contributed by atoms with Crippen LogP contribution >= 0.6 is 23.4 Å². The fourth-order valence-corrected chi connectivity index (χ4v) is 2.73. The molecule has 2 N–H and O–H groups in total. The minimum absolute atomic E-state index is 0.0181. The third-order valence-corrected chi connectivity index (χ3v) is 4.66. The zero-order chi connectivity index (χ0) is 18.0. The van der Waals surface area contributed by atoms with Crippen molar-refractivity contribution in [1.29, 1.82) is 0 Å². The Bertz CT molecular complexity index is 839. The van der Waals surface area contributed by atoms with E-state index < -0.39 is 5.91 Å². The van der Waals surface area contributed by atoms with Gasteiger partial charge in [0.25, 0.3) is 5.91 Å². The van der Waals surface area contributed by atoms with Gasteiger partial charge in [-0.2, -0.15) is 0 Å². The quantitative estimate of drug-likeness (QED) is 0.613. The summed E-state index contributed by atoms with van der Waals surface area (Å²) in [7, 11) is 0. The largest absolute Gasteiger partial charge is 0.326 e. The SMILES string of the molecule is CSc1ncc(Cl)c(C(=O)Nc2cc(NC(=O)C3CC3)ccc2C)n1. The van der Waals surface area contributed by atoms with E-state index in [0.29, 0.717) is 16.5 Å². The van der Waals surface area contributed by atoms with E-state index in [1.54, 1.807) is 6.07 Å². The van der Waals surface area contributed by atoms with Gasteiger partial charge < -0.3 is 10.6 Å². The Kier molecular flexibility index (Phi) is 5.24. The monoisotopic (exact) mass is 376 g/mol. The summed E-state index contributed by atoms with van der Waals surface area (Å²) in [6.45, 7) is 1.87. The predicted molar refractivity (Wildman–Crippen MR) is 99.3 cm³/mol. The molecule has 1 aromatic carbocycles. The summed E-state index contributed by atoms with van der Waals surface area (Å²) in [5.41, 5.74) is 2.23. The number of carbonyl (C=O) groups is 2. The molecule has 0 bridgehead atoms. The van der Waals surface area contributed by atoms with Crippen LogP contribution in [0.25, 0.3) is 0 Å². The number of nitrogens with one attached hydrogen (secondary N) is 2. The molecule has 1 aromatic heterocycles. The lowest BCUT2D eigenvalue weighted by atomic mass is 10.1. The first-order valence-electron chi connectivity index (χ1n) is 7.77. The van der Waals surface area contributed by atoms with E-state index in [2.05, 4.69) is 20.6 Å². The third kappa shape index (κ3) is 4.29. The molecule has 25 heavy (non-hydrogen) atoms. The number of carbonyl (C=O) groups excluding carboxylic acids is 2. The molecule has 0 unspecified atom stereocenters. The molecular weight excluding hydrogens is 360 g/mol. The van der Waals surface area contributed by atoms with Crippen LogP contribution in [-0.2, 0) is 4.79 Å². The van der Waals surface area contributed by atoms with Gasteiger partial charge in [0.05, 0.1) is 11.2 Å². The Morgan fingerprint density at radius 1 is 1.28 bits per heavy atom. The molecule has 0 saturated heterocycles. The molecule has 0 atom stereocenters. The number of hydrogen-bond acceptors (Lipinski definition) is 5. The summed E-state index contributed by atoms with van der Waals surface area (Å²) in [6, 6.07) is 5.39. The minimum Gasteiger partial charge on any atom is -0.326 e. The molecule has 2 aromatic rings. The van der Waals surface area contributed by atoms with E-state index in [9.17, 15) is 9.59 Å². The van der Waals surface area contributed by atoms with Gasteiger partial charge >= 0.3 is 0 Å². The highest BCUT2D eigenvalue weighted by Gasteiger charge is 2.29. The molecule has 6 nitrogen and oxygen atoms in total. The average molecular weight is 377 g/mol. The Labute approximate surface area is 154 Å².